The summed E-state index contributed by atoms with van der Waals surface area (Å²) in [4.78, 5) is 11.3. The van der Waals surface area contributed by atoms with E-state index in [1.54, 1.807) is 0 Å². The van der Waals surface area contributed by atoms with Gasteiger partial charge in [0.25, 0.3) is 0 Å². The second kappa shape index (κ2) is 4.11. The summed E-state index contributed by atoms with van der Waals surface area (Å²) in [5.41, 5.74) is 3.83. The molecule has 4 aliphatic carbocycles. The van der Waals surface area contributed by atoms with Crippen LogP contribution in [0.15, 0.2) is 0 Å². The monoisotopic (exact) mass is 287 g/mol. The molecule has 0 saturated heterocycles. The number of carbonyl (C=O) groups is 1. The molecule has 4 saturated carbocycles. The lowest BCUT2D eigenvalue weighted by atomic mass is 9.42. The Morgan fingerprint density at radius 3 is 2.48 bits per heavy atom. The number of hydrogen-bond donors (Lipinski definition) is 1. The molecule has 4 heteroatoms. The number of rotatable bonds is 3. The van der Waals surface area contributed by atoms with Crippen molar-refractivity contribution in [1.82, 2.24) is 10.2 Å². The van der Waals surface area contributed by atoms with Crippen molar-refractivity contribution in [2.45, 2.75) is 64.2 Å². The van der Waals surface area contributed by atoms with Gasteiger partial charge >= 0.3 is 0 Å². The van der Waals surface area contributed by atoms with Crippen LogP contribution in [0.5, 0.6) is 0 Å². The Labute approximate surface area is 125 Å². The minimum Gasteiger partial charge on any atom is -0.550 e. The van der Waals surface area contributed by atoms with Crippen LogP contribution in [0.3, 0.4) is 0 Å². The summed E-state index contributed by atoms with van der Waals surface area (Å²) < 4.78 is 0. The van der Waals surface area contributed by atoms with E-state index >= 15 is 0 Å². The Bertz CT molecular complexity index is 570. The van der Waals surface area contributed by atoms with Gasteiger partial charge in [-0.15, -0.1) is 0 Å². The van der Waals surface area contributed by atoms with Crippen LogP contribution >= 0.6 is 0 Å². The molecule has 1 N–H and O–H groups in total. The zero-order valence-corrected chi connectivity index (χ0v) is 12.9. The summed E-state index contributed by atoms with van der Waals surface area (Å²) >= 11 is 0. The molecule has 4 bridgehead atoms. The first-order valence-corrected chi connectivity index (χ1v) is 8.13. The maximum atomic E-state index is 11.3. The fraction of sp³-hybridized carbons (Fsp3) is 0.765. The Hall–Kier alpha value is -1.32. The maximum Gasteiger partial charge on any atom is 0.0631 e. The first-order valence-electron chi connectivity index (χ1n) is 8.13. The number of aromatic amines is 1. The first-order chi connectivity index (χ1) is 9.91. The maximum absolute atomic E-state index is 11.3. The summed E-state index contributed by atoms with van der Waals surface area (Å²) in [6, 6.07) is 0. The molecular formula is C17H23N2O2-. The lowest BCUT2D eigenvalue weighted by Gasteiger charge is -2.62. The lowest BCUT2D eigenvalue weighted by Crippen LogP contribution is -2.55. The quantitative estimate of drug-likeness (QED) is 0.924. The van der Waals surface area contributed by atoms with Crippen molar-refractivity contribution in [3.8, 4) is 0 Å². The molecule has 4 atom stereocenters. The molecule has 1 aromatic heterocycles. The van der Waals surface area contributed by atoms with Crippen molar-refractivity contribution in [3.05, 3.63) is 17.0 Å². The topological polar surface area (TPSA) is 68.8 Å². The van der Waals surface area contributed by atoms with Gasteiger partial charge in [0.15, 0.2) is 0 Å². The fourth-order valence-corrected chi connectivity index (χ4v) is 6.59. The smallest absolute Gasteiger partial charge is 0.0631 e. The van der Waals surface area contributed by atoms with Gasteiger partial charge in [-0.2, -0.15) is 5.10 Å². The van der Waals surface area contributed by atoms with E-state index in [2.05, 4.69) is 24.0 Å². The Balaban J connectivity index is 1.79. The molecule has 4 nitrogen and oxygen atoms in total. The van der Waals surface area contributed by atoms with E-state index in [9.17, 15) is 9.90 Å². The number of H-pyrrole nitrogens is 1. The number of nitrogens with one attached hydrogen (secondary N) is 1. The number of aromatic nitrogens is 2. The predicted octanol–water partition coefficient (Wildman–Crippen LogP) is 2.00. The van der Waals surface area contributed by atoms with Gasteiger partial charge in [-0.3, -0.25) is 5.10 Å². The van der Waals surface area contributed by atoms with Crippen molar-refractivity contribution < 1.29 is 9.90 Å². The van der Waals surface area contributed by atoms with Gasteiger partial charge in [-0.25, -0.2) is 0 Å². The second-order valence-electron chi connectivity index (χ2n) is 8.10. The standard InChI is InChI=1S/C17H24N2O2/c1-10-15(11(2)19-18-10)17-6-12-3-13(7-17)5-16(4-12,9-17)8-14(20)21/h12-13H,3-9H2,1-2H3,(H,18,19)(H,20,21)/p-1/t12-,13+,16?,17?. The van der Waals surface area contributed by atoms with Crippen molar-refractivity contribution in [1.29, 1.82) is 0 Å². The van der Waals surface area contributed by atoms with Crippen LogP contribution in [0, 0.1) is 31.1 Å². The molecule has 114 valence electrons. The molecular weight excluding hydrogens is 264 g/mol. The van der Waals surface area contributed by atoms with E-state index in [1.807, 2.05) is 0 Å². The third kappa shape index (κ3) is 1.87. The molecule has 0 radical (unpaired) electrons. The van der Waals surface area contributed by atoms with E-state index in [1.165, 1.54) is 30.5 Å². The molecule has 1 heterocycles. The highest BCUT2D eigenvalue weighted by atomic mass is 16.4. The van der Waals surface area contributed by atoms with E-state index < -0.39 is 5.97 Å². The van der Waals surface area contributed by atoms with Gasteiger partial charge in [0.2, 0.25) is 0 Å². The van der Waals surface area contributed by atoms with Crippen molar-refractivity contribution >= 4 is 5.97 Å². The third-order valence-corrected chi connectivity index (χ3v) is 6.36. The van der Waals surface area contributed by atoms with Gasteiger partial charge in [-0.05, 0) is 81.5 Å². The van der Waals surface area contributed by atoms with E-state index in [0.29, 0.717) is 11.8 Å². The van der Waals surface area contributed by atoms with Crippen LogP contribution in [0.2, 0.25) is 0 Å². The van der Waals surface area contributed by atoms with Crippen LogP contribution in [0.25, 0.3) is 0 Å². The van der Waals surface area contributed by atoms with Crippen molar-refractivity contribution in [3.63, 3.8) is 0 Å². The summed E-state index contributed by atoms with van der Waals surface area (Å²) in [5.74, 6) is 0.520. The van der Waals surface area contributed by atoms with E-state index in [-0.39, 0.29) is 17.3 Å². The molecule has 0 amide bonds. The Morgan fingerprint density at radius 1 is 1.29 bits per heavy atom. The third-order valence-electron chi connectivity index (χ3n) is 6.36. The second-order valence-corrected chi connectivity index (χ2v) is 8.10. The molecule has 21 heavy (non-hydrogen) atoms. The van der Waals surface area contributed by atoms with Gasteiger partial charge < -0.3 is 9.90 Å². The minimum atomic E-state index is -0.868. The number of nitrogens with zero attached hydrogens (tertiary/aromatic N) is 1. The Kier molecular flexibility index (Phi) is 2.61. The van der Waals surface area contributed by atoms with E-state index in [0.717, 1.165) is 25.0 Å². The largest absolute Gasteiger partial charge is 0.550 e. The molecule has 2 unspecified atom stereocenters. The predicted molar refractivity (Wildman–Crippen MR) is 76.5 cm³/mol. The van der Waals surface area contributed by atoms with Crippen LogP contribution in [-0.4, -0.2) is 16.2 Å². The first kappa shape index (κ1) is 13.4. The minimum absolute atomic E-state index is 0.0148. The summed E-state index contributed by atoms with van der Waals surface area (Å²) in [7, 11) is 0. The van der Waals surface area contributed by atoms with Crippen LogP contribution < -0.4 is 5.11 Å². The highest BCUT2D eigenvalue weighted by molar-refractivity contribution is 5.65. The average molecular weight is 287 g/mol. The number of carboxylic acids is 1. The summed E-state index contributed by atoms with van der Waals surface area (Å²) in [6.07, 6.45) is 7.19. The van der Waals surface area contributed by atoms with Gasteiger partial charge in [0.05, 0.1) is 5.69 Å². The van der Waals surface area contributed by atoms with Crippen molar-refractivity contribution in [2.24, 2.45) is 17.3 Å². The molecule has 0 aromatic carbocycles. The number of carbonyl (C=O) groups excluding carboxylic acids is 1. The van der Waals surface area contributed by atoms with Gasteiger partial charge in [-0.1, -0.05) is 0 Å². The Morgan fingerprint density at radius 2 is 1.95 bits per heavy atom. The fourth-order valence-electron chi connectivity index (χ4n) is 6.59. The van der Waals surface area contributed by atoms with Gasteiger partial charge in [0.1, 0.15) is 0 Å². The zero-order valence-electron chi connectivity index (χ0n) is 12.9. The summed E-state index contributed by atoms with van der Waals surface area (Å²) in [5, 5.41) is 18.8. The summed E-state index contributed by atoms with van der Waals surface area (Å²) in [6.45, 7) is 4.20. The number of aliphatic carboxylic acids is 1. The number of carboxylic acid groups (broad SMARTS) is 1. The lowest BCUT2D eigenvalue weighted by molar-refractivity contribution is -0.310. The SMILES string of the molecule is Cc1n[nH]c(C)c1C12C[C@@H]3C[C@@H](CC(CC(=O)[O-])(C3)C1)C2. The number of hydrogen-bond acceptors (Lipinski definition) is 3. The van der Waals surface area contributed by atoms with Crippen LogP contribution in [0.4, 0.5) is 0 Å². The van der Waals surface area contributed by atoms with Crippen LogP contribution in [0.1, 0.15) is 61.9 Å². The molecule has 0 spiro atoms. The average Bonchev–Trinajstić information content (AvgIpc) is 2.65. The van der Waals surface area contributed by atoms with Crippen molar-refractivity contribution in [2.75, 3.05) is 0 Å². The molecule has 5 rings (SSSR count). The zero-order chi connectivity index (χ0) is 14.8. The normalized spacial score (nSPS) is 40.7. The highest BCUT2D eigenvalue weighted by Crippen LogP contribution is 2.67. The highest BCUT2D eigenvalue weighted by Gasteiger charge is 2.58. The van der Waals surface area contributed by atoms with Crippen LogP contribution in [-0.2, 0) is 10.2 Å². The molecule has 0 aliphatic heterocycles. The number of aryl methyl sites for hydroxylation is 2. The van der Waals surface area contributed by atoms with Gasteiger partial charge in [0, 0.05) is 17.2 Å². The van der Waals surface area contributed by atoms with E-state index in [4.69, 9.17) is 0 Å². The molecule has 1 aromatic rings. The molecule has 4 aliphatic rings. The molecule has 4 fully saturated rings.